The number of hydrogen-bond acceptors (Lipinski definition) is 3. The van der Waals surface area contributed by atoms with Gasteiger partial charge in [0.2, 0.25) is 0 Å². The van der Waals surface area contributed by atoms with Crippen molar-refractivity contribution in [3.8, 4) is 0 Å². The third kappa shape index (κ3) is 4.23. The van der Waals surface area contributed by atoms with Crippen molar-refractivity contribution in [2.45, 2.75) is 6.92 Å². The maximum Gasteiger partial charge on any atom is 0.335 e. The van der Waals surface area contributed by atoms with Gasteiger partial charge in [-0.2, -0.15) is 0 Å². The molecule has 2 rings (SSSR count). The zero-order chi connectivity index (χ0) is 17.9. The molecule has 5 nitrogen and oxygen atoms in total. The van der Waals surface area contributed by atoms with Crippen LogP contribution in [-0.4, -0.2) is 22.1 Å². The summed E-state index contributed by atoms with van der Waals surface area (Å²) in [7, 11) is 0. The largest absolute Gasteiger partial charge is 0.478 e. The molecular weight excluding hydrogens is 371 g/mol. The molecule has 8 heteroatoms. The molecule has 2 aromatic carbocycles. The Morgan fingerprint density at radius 1 is 1.17 bits per heavy atom. The van der Waals surface area contributed by atoms with Crippen LogP contribution in [0, 0.1) is 6.92 Å². The molecule has 124 valence electrons. The third-order valence-electron chi connectivity index (χ3n) is 3.16. The predicted molar refractivity (Wildman–Crippen MR) is 98.3 cm³/mol. The van der Waals surface area contributed by atoms with E-state index in [4.69, 9.17) is 40.5 Å². The molecule has 1 amide bonds. The second kappa shape index (κ2) is 7.61. The molecule has 0 unspecified atom stereocenters. The van der Waals surface area contributed by atoms with Gasteiger partial charge in [0, 0.05) is 5.69 Å². The first kappa shape index (κ1) is 18.2. The lowest BCUT2D eigenvalue weighted by Crippen LogP contribution is -2.34. The van der Waals surface area contributed by atoms with Crippen LogP contribution in [0.3, 0.4) is 0 Å². The number of halogens is 2. The Morgan fingerprint density at radius 3 is 2.54 bits per heavy atom. The Kier molecular flexibility index (Phi) is 5.77. The molecule has 0 saturated carbocycles. The van der Waals surface area contributed by atoms with Crippen molar-refractivity contribution in [3.63, 3.8) is 0 Å². The quantitative estimate of drug-likeness (QED) is 0.695. The number of hydrogen-bond donors (Lipinski definition) is 3. The van der Waals surface area contributed by atoms with Gasteiger partial charge in [0.1, 0.15) is 0 Å². The molecule has 0 aliphatic carbocycles. The molecule has 0 saturated heterocycles. The molecule has 0 radical (unpaired) electrons. The van der Waals surface area contributed by atoms with Gasteiger partial charge >= 0.3 is 5.97 Å². The van der Waals surface area contributed by atoms with Crippen LogP contribution < -0.4 is 10.6 Å². The highest BCUT2D eigenvalue weighted by molar-refractivity contribution is 7.80. The van der Waals surface area contributed by atoms with Crippen LogP contribution in [-0.2, 0) is 0 Å². The molecule has 0 bridgehead atoms. The molecule has 0 spiro atoms. The Hall–Kier alpha value is -2.15. The van der Waals surface area contributed by atoms with E-state index < -0.39 is 11.9 Å². The van der Waals surface area contributed by atoms with Crippen LogP contribution in [0.25, 0.3) is 0 Å². The average Bonchev–Trinajstić information content (AvgIpc) is 2.51. The molecule has 0 atom stereocenters. The van der Waals surface area contributed by atoms with Crippen molar-refractivity contribution in [1.82, 2.24) is 5.32 Å². The summed E-state index contributed by atoms with van der Waals surface area (Å²) < 4.78 is 0. The summed E-state index contributed by atoms with van der Waals surface area (Å²) >= 11 is 17.0. The number of carbonyl (C=O) groups excluding carboxylic acids is 1. The maximum atomic E-state index is 12.2. The van der Waals surface area contributed by atoms with E-state index in [-0.39, 0.29) is 26.3 Å². The molecule has 24 heavy (non-hydrogen) atoms. The molecule has 3 N–H and O–H groups in total. The molecule has 0 aliphatic rings. The summed E-state index contributed by atoms with van der Waals surface area (Å²) in [6.45, 7) is 1.78. The highest BCUT2D eigenvalue weighted by Crippen LogP contribution is 2.25. The minimum absolute atomic E-state index is 0.0154. The van der Waals surface area contributed by atoms with Crippen LogP contribution >= 0.6 is 35.4 Å². The van der Waals surface area contributed by atoms with E-state index >= 15 is 0 Å². The molecule has 2 aromatic rings. The van der Waals surface area contributed by atoms with Crippen LogP contribution in [0.2, 0.25) is 10.0 Å². The summed E-state index contributed by atoms with van der Waals surface area (Å²) in [5, 5.41) is 14.7. The van der Waals surface area contributed by atoms with E-state index in [1.807, 2.05) is 0 Å². The normalized spacial score (nSPS) is 10.1. The van der Waals surface area contributed by atoms with Crippen molar-refractivity contribution in [2.75, 3.05) is 5.32 Å². The number of benzene rings is 2. The maximum absolute atomic E-state index is 12.2. The topological polar surface area (TPSA) is 78.4 Å². The third-order valence-corrected chi connectivity index (χ3v) is 4.18. The Labute approximate surface area is 153 Å². The number of rotatable bonds is 3. The van der Waals surface area contributed by atoms with Crippen molar-refractivity contribution in [3.05, 3.63) is 63.1 Å². The van der Waals surface area contributed by atoms with Gasteiger partial charge in [-0.15, -0.1) is 0 Å². The van der Waals surface area contributed by atoms with E-state index in [1.54, 1.807) is 25.1 Å². The van der Waals surface area contributed by atoms with Gasteiger partial charge in [0.05, 0.1) is 21.2 Å². The second-order valence-corrected chi connectivity index (χ2v) is 6.04. The molecular formula is C16H12Cl2N2O3S. The zero-order valence-electron chi connectivity index (χ0n) is 12.4. The fourth-order valence-corrected chi connectivity index (χ4v) is 2.48. The summed E-state index contributed by atoms with van der Waals surface area (Å²) in [4.78, 5) is 23.2. The van der Waals surface area contributed by atoms with E-state index in [9.17, 15) is 9.59 Å². The smallest absolute Gasteiger partial charge is 0.335 e. The number of anilines is 1. The average molecular weight is 383 g/mol. The SMILES string of the molecule is Cc1ccc(C(=O)O)cc1NC(=S)NC(=O)c1cccc(Cl)c1Cl. The van der Waals surface area contributed by atoms with Crippen molar-refractivity contribution in [2.24, 2.45) is 0 Å². The lowest BCUT2D eigenvalue weighted by molar-refractivity contribution is 0.0696. The van der Waals surface area contributed by atoms with Gasteiger partial charge in [-0.3, -0.25) is 10.1 Å². The fourth-order valence-electron chi connectivity index (χ4n) is 1.89. The van der Waals surface area contributed by atoms with Gasteiger partial charge in [-0.1, -0.05) is 35.3 Å². The fraction of sp³-hybridized carbons (Fsp3) is 0.0625. The number of thiocarbonyl (C=S) groups is 1. The Balaban J connectivity index is 2.14. The monoisotopic (exact) mass is 382 g/mol. The van der Waals surface area contributed by atoms with E-state index in [1.165, 1.54) is 18.2 Å². The first-order chi connectivity index (χ1) is 11.3. The van der Waals surface area contributed by atoms with Gasteiger partial charge in [0.25, 0.3) is 5.91 Å². The lowest BCUT2D eigenvalue weighted by atomic mass is 10.1. The van der Waals surface area contributed by atoms with E-state index in [0.29, 0.717) is 5.69 Å². The number of amides is 1. The predicted octanol–water partition coefficient (Wildman–Crippen LogP) is 4.13. The molecule has 0 fully saturated rings. The van der Waals surface area contributed by atoms with Crippen molar-refractivity contribution >= 4 is 58.1 Å². The van der Waals surface area contributed by atoms with Crippen molar-refractivity contribution in [1.29, 1.82) is 0 Å². The Morgan fingerprint density at radius 2 is 1.88 bits per heavy atom. The Bertz CT molecular complexity index is 840. The summed E-state index contributed by atoms with van der Waals surface area (Å²) in [5.74, 6) is -1.58. The van der Waals surface area contributed by atoms with Gasteiger partial charge in [0.15, 0.2) is 5.11 Å². The summed E-state index contributed by atoms with van der Waals surface area (Å²) in [6, 6.07) is 9.24. The second-order valence-electron chi connectivity index (χ2n) is 4.84. The number of aromatic carboxylic acids is 1. The summed E-state index contributed by atoms with van der Waals surface area (Å²) in [5.41, 5.74) is 1.55. The number of carbonyl (C=O) groups is 2. The molecule has 0 aliphatic heterocycles. The molecule has 0 aromatic heterocycles. The zero-order valence-corrected chi connectivity index (χ0v) is 14.7. The van der Waals surface area contributed by atoms with Crippen LogP contribution in [0.1, 0.15) is 26.3 Å². The number of nitrogens with one attached hydrogen (secondary N) is 2. The van der Waals surface area contributed by atoms with E-state index in [0.717, 1.165) is 5.56 Å². The van der Waals surface area contributed by atoms with Gasteiger partial charge < -0.3 is 10.4 Å². The van der Waals surface area contributed by atoms with Crippen molar-refractivity contribution < 1.29 is 14.7 Å². The standard InChI is InChI=1S/C16H12Cl2N2O3S/c1-8-5-6-9(15(22)23)7-12(8)19-16(24)20-14(21)10-3-2-4-11(17)13(10)18/h2-7H,1H3,(H,22,23)(H2,19,20,21,24). The van der Waals surface area contributed by atoms with Gasteiger partial charge in [-0.05, 0) is 49.0 Å². The summed E-state index contributed by atoms with van der Waals surface area (Å²) in [6.07, 6.45) is 0. The number of carboxylic acid groups (broad SMARTS) is 1. The minimum atomic E-state index is -1.06. The lowest BCUT2D eigenvalue weighted by Gasteiger charge is -2.13. The van der Waals surface area contributed by atoms with Gasteiger partial charge in [-0.25, -0.2) is 4.79 Å². The number of aryl methyl sites for hydroxylation is 1. The highest BCUT2D eigenvalue weighted by Gasteiger charge is 2.14. The first-order valence-electron chi connectivity index (χ1n) is 6.70. The molecule has 0 heterocycles. The van der Waals surface area contributed by atoms with Crippen LogP contribution in [0.4, 0.5) is 5.69 Å². The highest BCUT2D eigenvalue weighted by atomic mass is 35.5. The van der Waals surface area contributed by atoms with Crippen LogP contribution in [0.15, 0.2) is 36.4 Å². The van der Waals surface area contributed by atoms with E-state index in [2.05, 4.69) is 10.6 Å². The first-order valence-corrected chi connectivity index (χ1v) is 7.86. The van der Waals surface area contributed by atoms with Crippen LogP contribution in [0.5, 0.6) is 0 Å². The minimum Gasteiger partial charge on any atom is -0.478 e. The number of carboxylic acids is 1.